The standard InChI is InChI=1S/C10H3ClF6O2/c11-6-2-1-4(7(18)9(12,13)14)3-5(6)8(19)10(15,16)17/h1-3H. The molecule has 19 heavy (non-hydrogen) atoms. The number of ketones is 2. The van der Waals surface area contributed by atoms with Crippen LogP contribution in [0.2, 0.25) is 5.02 Å². The van der Waals surface area contributed by atoms with Crippen LogP contribution in [0.5, 0.6) is 0 Å². The summed E-state index contributed by atoms with van der Waals surface area (Å²) in [5, 5.41) is -0.693. The van der Waals surface area contributed by atoms with E-state index >= 15 is 0 Å². The van der Waals surface area contributed by atoms with E-state index in [1.807, 2.05) is 0 Å². The van der Waals surface area contributed by atoms with Crippen LogP contribution >= 0.6 is 11.6 Å². The van der Waals surface area contributed by atoms with Gasteiger partial charge in [-0.05, 0) is 18.2 Å². The zero-order valence-corrected chi connectivity index (χ0v) is 9.45. The lowest BCUT2D eigenvalue weighted by atomic mass is 10.0. The molecule has 0 heterocycles. The summed E-state index contributed by atoms with van der Waals surface area (Å²) >= 11 is 5.30. The zero-order valence-electron chi connectivity index (χ0n) is 8.69. The maximum absolute atomic E-state index is 12.2. The molecule has 1 aromatic rings. The molecule has 104 valence electrons. The largest absolute Gasteiger partial charge is 0.454 e. The van der Waals surface area contributed by atoms with Crippen molar-refractivity contribution in [1.29, 1.82) is 0 Å². The van der Waals surface area contributed by atoms with Gasteiger partial charge in [0.15, 0.2) is 0 Å². The van der Waals surface area contributed by atoms with Gasteiger partial charge in [-0.25, -0.2) is 0 Å². The summed E-state index contributed by atoms with van der Waals surface area (Å²) in [7, 11) is 0. The van der Waals surface area contributed by atoms with E-state index in [-0.39, 0.29) is 6.07 Å². The molecule has 0 saturated heterocycles. The summed E-state index contributed by atoms with van der Waals surface area (Å²) in [6, 6.07) is 1.39. The molecule has 2 nitrogen and oxygen atoms in total. The predicted octanol–water partition coefficient (Wildman–Crippen LogP) is 3.83. The van der Waals surface area contributed by atoms with Crippen LogP contribution in [0.4, 0.5) is 26.3 Å². The molecule has 0 aliphatic heterocycles. The van der Waals surface area contributed by atoms with Crippen molar-refractivity contribution in [3.05, 3.63) is 34.3 Å². The van der Waals surface area contributed by atoms with Gasteiger partial charge >= 0.3 is 12.4 Å². The van der Waals surface area contributed by atoms with E-state index in [0.717, 1.165) is 0 Å². The summed E-state index contributed by atoms with van der Waals surface area (Å²) in [6.45, 7) is 0. The van der Waals surface area contributed by atoms with Crippen LogP contribution in [0.1, 0.15) is 20.7 Å². The molecule has 0 radical (unpaired) electrons. The normalized spacial score (nSPS) is 12.4. The second-order valence-electron chi connectivity index (χ2n) is 3.35. The number of benzene rings is 1. The van der Waals surface area contributed by atoms with Crippen LogP contribution in [-0.2, 0) is 0 Å². The molecule has 9 heteroatoms. The summed E-state index contributed by atoms with van der Waals surface area (Å²) in [4.78, 5) is 21.8. The Kier molecular flexibility index (Phi) is 3.94. The molecule has 0 unspecified atom stereocenters. The quantitative estimate of drug-likeness (QED) is 0.614. The topological polar surface area (TPSA) is 34.1 Å². The van der Waals surface area contributed by atoms with Gasteiger partial charge in [-0.15, -0.1) is 0 Å². The molecule has 0 N–H and O–H groups in total. The van der Waals surface area contributed by atoms with E-state index in [9.17, 15) is 35.9 Å². The highest BCUT2D eigenvalue weighted by atomic mass is 35.5. The van der Waals surface area contributed by atoms with Crippen molar-refractivity contribution in [1.82, 2.24) is 0 Å². The lowest BCUT2D eigenvalue weighted by Gasteiger charge is -2.10. The van der Waals surface area contributed by atoms with Gasteiger partial charge < -0.3 is 0 Å². The number of hydrogen-bond donors (Lipinski definition) is 0. The summed E-state index contributed by atoms with van der Waals surface area (Å²) < 4.78 is 72.8. The highest BCUT2D eigenvalue weighted by molar-refractivity contribution is 6.34. The number of halogens is 7. The highest BCUT2D eigenvalue weighted by Crippen LogP contribution is 2.29. The predicted molar refractivity (Wildman–Crippen MR) is 52.2 cm³/mol. The van der Waals surface area contributed by atoms with Crippen LogP contribution in [0, 0.1) is 0 Å². The third-order valence-electron chi connectivity index (χ3n) is 1.99. The molecule has 1 rings (SSSR count). The number of carbonyl (C=O) groups excluding carboxylic acids is 2. The fourth-order valence-electron chi connectivity index (χ4n) is 1.16. The SMILES string of the molecule is O=C(c1ccc(Cl)c(C(=O)C(F)(F)F)c1)C(F)(F)F. The first-order valence-electron chi connectivity index (χ1n) is 4.47. The van der Waals surface area contributed by atoms with E-state index in [0.29, 0.717) is 12.1 Å². The second kappa shape index (κ2) is 4.84. The van der Waals surface area contributed by atoms with E-state index in [2.05, 4.69) is 0 Å². The minimum Gasteiger partial charge on any atom is -0.284 e. The van der Waals surface area contributed by atoms with E-state index in [4.69, 9.17) is 11.6 Å². The van der Waals surface area contributed by atoms with Crippen molar-refractivity contribution < 1.29 is 35.9 Å². The summed E-state index contributed by atoms with van der Waals surface area (Å²) in [5.74, 6) is -4.78. The van der Waals surface area contributed by atoms with E-state index in [1.165, 1.54) is 0 Å². The van der Waals surface area contributed by atoms with Crippen molar-refractivity contribution in [2.24, 2.45) is 0 Å². The lowest BCUT2D eigenvalue weighted by molar-refractivity contribution is -0.0887. The van der Waals surface area contributed by atoms with Gasteiger partial charge in [0.25, 0.3) is 11.6 Å². The van der Waals surface area contributed by atoms with Crippen LogP contribution in [0.25, 0.3) is 0 Å². The third-order valence-corrected chi connectivity index (χ3v) is 2.32. The number of Topliss-reactive ketones (excluding diaryl/α,β-unsaturated/α-hetero) is 2. The molecule has 0 fully saturated rings. The molecule has 0 aromatic heterocycles. The van der Waals surface area contributed by atoms with Crippen molar-refractivity contribution in [2.45, 2.75) is 12.4 Å². The Morgan fingerprint density at radius 3 is 1.79 bits per heavy atom. The van der Waals surface area contributed by atoms with E-state index in [1.54, 1.807) is 0 Å². The number of carbonyl (C=O) groups is 2. The maximum atomic E-state index is 12.2. The summed E-state index contributed by atoms with van der Waals surface area (Å²) in [6.07, 6.45) is -10.6. The van der Waals surface area contributed by atoms with Crippen LogP contribution in [0.3, 0.4) is 0 Å². The Labute approximate surface area is 107 Å². The minimum atomic E-state index is -5.30. The molecule has 0 bridgehead atoms. The van der Waals surface area contributed by atoms with E-state index < -0.39 is 40.1 Å². The number of hydrogen-bond acceptors (Lipinski definition) is 2. The van der Waals surface area contributed by atoms with Crippen molar-refractivity contribution in [2.75, 3.05) is 0 Å². The van der Waals surface area contributed by atoms with Gasteiger partial charge in [-0.1, -0.05) is 11.6 Å². The smallest absolute Gasteiger partial charge is 0.284 e. The fraction of sp³-hybridized carbons (Fsp3) is 0.200. The molecular weight excluding hydrogens is 302 g/mol. The molecule has 0 aliphatic carbocycles. The average Bonchev–Trinajstić information content (AvgIpc) is 2.25. The molecule has 0 saturated carbocycles. The summed E-state index contributed by atoms with van der Waals surface area (Å²) in [5.41, 5.74) is -2.30. The van der Waals surface area contributed by atoms with Gasteiger partial charge in [0.05, 0.1) is 5.02 Å². The average molecular weight is 305 g/mol. The third kappa shape index (κ3) is 3.46. The minimum absolute atomic E-state index is 0.175. The molecule has 0 amide bonds. The van der Waals surface area contributed by atoms with Gasteiger partial charge in [-0.2, -0.15) is 26.3 Å². The van der Waals surface area contributed by atoms with Gasteiger partial charge in [-0.3, -0.25) is 9.59 Å². The zero-order chi connectivity index (χ0) is 15.0. The fourth-order valence-corrected chi connectivity index (χ4v) is 1.36. The Morgan fingerprint density at radius 2 is 1.37 bits per heavy atom. The van der Waals surface area contributed by atoms with Crippen molar-refractivity contribution >= 4 is 23.2 Å². The first-order valence-corrected chi connectivity index (χ1v) is 4.85. The lowest BCUT2D eigenvalue weighted by Crippen LogP contribution is -2.25. The van der Waals surface area contributed by atoms with Gasteiger partial charge in [0.1, 0.15) is 0 Å². The molecule has 0 spiro atoms. The van der Waals surface area contributed by atoms with Gasteiger partial charge in [0.2, 0.25) is 0 Å². The van der Waals surface area contributed by atoms with Crippen molar-refractivity contribution in [3.63, 3.8) is 0 Å². The molecular formula is C10H3ClF6O2. The molecule has 0 aliphatic rings. The highest BCUT2D eigenvalue weighted by Gasteiger charge is 2.42. The van der Waals surface area contributed by atoms with Crippen LogP contribution < -0.4 is 0 Å². The van der Waals surface area contributed by atoms with Crippen LogP contribution in [-0.4, -0.2) is 23.9 Å². The number of alkyl halides is 6. The second-order valence-corrected chi connectivity index (χ2v) is 3.76. The maximum Gasteiger partial charge on any atom is 0.454 e. The Morgan fingerprint density at radius 1 is 0.895 bits per heavy atom. The Bertz CT molecular complexity index is 532. The van der Waals surface area contributed by atoms with Crippen LogP contribution in [0.15, 0.2) is 18.2 Å². The first kappa shape index (κ1) is 15.5. The van der Waals surface area contributed by atoms with Gasteiger partial charge in [0, 0.05) is 11.1 Å². The number of rotatable bonds is 2. The molecule has 0 atom stereocenters. The Balaban J connectivity index is 3.30. The first-order chi connectivity index (χ1) is 8.44. The monoisotopic (exact) mass is 304 g/mol. The molecule has 1 aromatic carbocycles. The van der Waals surface area contributed by atoms with Crippen molar-refractivity contribution in [3.8, 4) is 0 Å². The Hall–Kier alpha value is -1.57.